The molecule has 0 aliphatic carbocycles. The number of methoxy groups -OCH3 is 2. The molecular weight excluding hydrogens is 342 g/mol. The van der Waals surface area contributed by atoms with Crippen LogP contribution in [0.25, 0.3) is 0 Å². The Labute approximate surface area is 158 Å². The normalized spacial score (nSPS) is 10.4. The number of nitrogens with one attached hydrogen (secondary N) is 2. The van der Waals surface area contributed by atoms with Gasteiger partial charge in [0.1, 0.15) is 0 Å². The van der Waals surface area contributed by atoms with Crippen LogP contribution in [0.2, 0.25) is 0 Å². The molecule has 0 saturated carbocycles. The SMILES string of the molecule is COc1ccc(CNc2cnnc(Nc3cccc(C)c3C)n2)cc1OC. The van der Waals surface area contributed by atoms with Crippen LogP contribution >= 0.6 is 0 Å². The first kappa shape index (κ1) is 18.4. The molecule has 0 radical (unpaired) electrons. The van der Waals surface area contributed by atoms with E-state index in [1.807, 2.05) is 30.3 Å². The van der Waals surface area contributed by atoms with Gasteiger partial charge in [-0.2, -0.15) is 10.1 Å². The minimum atomic E-state index is 0.445. The van der Waals surface area contributed by atoms with Gasteiger partial charge in [0.2, 0.25) is 5.95 Å². The minimum absolute atomic E-state index is 0.445. The van der Waals surface area contributed by atoms with Crippen molar-refractivity contribution in [1.29, 1.82) is 0 Å². The average molecular weight is 365 g/mol. The summed E-state index contributed by atoms with van der Waals surface area (Å²) in [6, 6.07) is 11.8. The van der Waals surface area contributed by atoms with Gasteiger partial charge in [-0.3, -0.25) is 0 Å². The number of anilines is 3. The van der Waals surface area contributed by atoms with Crippen LogP contribution < -0.4 is 20.1 Å². The van der Waals surface area contributed by atoms with Gasteiger partial charge >= 0.3 is 0 Å². The van der Waals surface area contributed by atoms with Crippen LogP contribution in [0, 0.1) is 13.8 Å². The van der Waals surface area contributed by atoms with E-state index in [1.54, 1.807) is 20.4 Å². The molecular formula is C20H23N5O2. The summed E-state index contributed by atoms with van der Waals surface area (Å²) >= 11 is 0. The third kappa shape index (κ3) is 4.44. The molecule has 7 heteroatoms. The molecule has 27 heavy (non-hydrogen) atoms. The number of aromatic nitrogens is 3. The molecule has 0 saturated heterocycles. The van der Waals surface area contributed by atoms with Crippen LogP contribution in [-0.4, -0.2) is 29.4 Å². The Kier molecular flexibility index (Phi) is 5.71. The molecule has 0 amide bonds. The van der Waals surface area contributed by atoms with E-state index < -0.39 is 0 Å². The fraction of sp³-hybridized carbons (Fsp3) is 0.250. The summed E-state index contributed by atoms with van der Waals surface area (Å²) in [6.07, 6.45) is 1.59. The first-order valence-electron chi connectivity index (χ1n) is 8.58. The number of aryl methyl sites for hydroxylation is 1. The van der Waals surface area contributed by atoms with E-state index in [1.165, 1.54) is 5.56 Å². The van der Waals surface area contributed by atoms with Crippen molar-refractivity contribution in [2.45, 2.75) is 20.4 Å². The van der Waals surface area contributed by atoms with Crippen molar-refractivity contribution in [2.24, 2.45) is 0 Å². The second-order valence-corrected chi connectivity index (χ2v) is 6.08. The second kappa shape index (κ2) is 8.35. The highest BCUT2D eigenvalue weighted by molar-refractivity contribution is 5.60. The van der Waals surface area contributed by atoms with Crippen LogP contribution in [0.4, 0.5) is 17.5 Å². The van der Waals surface area contributed by atoms with Gasteiger partial charge in [-0.15, -0.1) is 5.10 Å². The molecule has 0 aliphatic rings. The second-order valence-electron chi connectivity index (χ2n) is 6.08. The van der Waals surface area contributed by atoms with E-state index in [-0.39, 0.29) is 0 Å². The van der Waals surface area contributed by atoms with Gasteiger partial charge in [-0.25, -0.2) is 0 Å². The lowest BCUT2D eigenvalue weighted by Crippen LogP contribution is -2.06. The van der Waals surface area contributed by atoms with E-state index in [4.69, 9.17) is 9.47 Å². The lowest BCUT2D eigenvalue weighted by molar-refractivity contribution is 0.354. The maximum Gasteiger partial charge on any atom is 0.249 e. The van der Waals surface area contributed by atoms with E-state index in [0.29, 0.717) is 29.8 Å². The molecule has 3 rings (SSSR count). The van der Waals surface area contributed by atoms with Crippen molar-refractivity contribution < 1.29 is 9.47 Å². The van der Waals surface area contributed by atoms with E-state index in [9.17, 15) is 0 Å². The third-order valence-electron chi connectivity index (χ3n) is 4.33. The highest BCUT2D eigenvalue weighted by Gasteiger charge is 2.07. The maximum absolute atomic E-state index is 5.33. The maximum atomic E-state index is 5.33. The Bertz CT molecular complexity index is 930. The Balaban J connectivity index is 1.70. The molecule has 2 N–H and O–H groups in total. The minimum Gasteiger partial charge on any atom is -0.493 e. The lowest BCUT2D eigenvalue weighted by atomic mass is 10.1. The van der Waals surface area contributed by atoms with Crippen LogP contribution in [-0.2, 0) is 6.54 Å². The average Bonchev–Trinajstić information content (AvgIpc) is 2.70. The largest absolute Gasteiger partial charge is 0.493 e. The molecule has 0 aliphatic heterocycles. The highest BCUT2D eigenvalue weighted by atomic mass is 16.5. The standard InChI is InChI=1S/C20H23N5O2/c1-13-6-5-7-16(14(13)2)23-20-24-19(12-22-25-20)21-11-15-8-9-17(26-3)18(10-15)27-4/h5-10,12H,11H2,1-4H3,(H2,21,23,24,25). The molecule has 0 bridgehead atoms. The summed E-state index contributed by atoms with van der Waals surface area (Å²) < 4.78 is 10.6. The monoisotopic (exact) mass is 365 g/mol. The topological polar surface area (TPSA) is 81.2 Å². The number of benzene rings is 2. The zero-order chi connectivity index (χ0) is 19.2. The van der Waals surface area contributed by atoms with E-state index in [2.05, 4.69) is 45.7 Å². The molecule has 0 unspecified atom stereocenters. The molecule has 0 fully saturated rings. The predicted molar refractivity (Wildman–Crippen MR) is 106 cm³/mol. The van der Waals surface area contributed by atoms with Crippen molar-refractivity contribution in [3.63, 3.8) is 0 Å². The number of hydrogen-bond donors (Lipinski definition) is 2. The third-order valence-corrected chi connectivity index (χ3v) is 4.33. The zero-order valence-electron chi connectivity index (χ0n) is 15.9. The zero-order valence-corrected chi connectivity index (χ0v) is 15.9. The van der Waals surface area contributed by atoms with Crippen LogP contribution in [0.15, 0.2) is 42.6 Å². The lowest BCUT2D eigenvalue weighted by Gasteiger charge is -2.12. The Morgan fingerprint density at radius 1 is 1.00 bits per heavy atom. The summed E-state index contributed by atoms with van der Waals surface area (Å²) in [5, 5.41) is 14.6. The molecule has 7 nitrogen and oxygen atoms in total. The van der Waals surface area contributed by atoms with Crippen LogP contribution in [0.5, 0.6) is 11.5 Å². The van der Waals surface area contributed by atoms with E-state index in [0.717, 1.165) is 16.8 Å². The number of hydrogen-bond acceptors (Lipinski definition) is 7. The van der Waals surface area contributed by atoms with Crippen molar-refractivity contribution in [3.05, 3.63) is 59.3 Å². The van der Waals surface area contributed by atoms with Gasteiger partial charge in [0.25, 0.3) is 0 Å². The molecule has 0 atom stereocenters. The predicted octanol–water partition coefficient (Wildman–Crippen LogP) is 3.86. The summed E-state index contributed by atoms with van der Waals surface area (Å²) in [5.41, 5.74) is 4.37. The fourth-order valence-corrected chi connectivity index (χ4v) is 2.63. The Morgan fingerprint density at radius 3 is 2.59 bits per heavy atom. The van der Waals surface area contributed by atoms with Gasteiger partial charge in [0.15, 0.2) is 17.3 Å². The van der Waals surface area contributed by atoms with Gasteiger partial charge < -0.3 is 20.1 Å². The van der Waals surface area contributed by atoms with Crippen molar-refractivity contribution >= 4 is 17.5 Å². The Morgan fingerprint density at radius 2 is 1.81 bits per heavy atom. The first-order valence-corrected chi connectivity index (χ1v) is 8.58. The molecule has 1 aromatic heterocycles. The van der Waals surface area contributed by atoms with Crippen molar-refractivity contribution in [1.82, 2.24) is 15.2 Å². The summed E-state index contributed by atoms with van der Waals surface area (Å²) in [5.74, 6) is 2.47. The number of nitrogens with zero attached hydrogens (tertiary/aromatic N) is 3. The number of rotatable bonds is 7. The summed E-state index contributed by atoms with van der Waals surface area (Å²) in [6.45, 7) is 4.70. The fourth-order valence-electron chi connectivity index (χ4n) is 2.63. The van der Waals surface area contributed by atoms with E-state index >= 15 is 0 Å². The number of ether oxygens (including phenoxy) is 2. The van der Waals surface area contributed by atoms with Crippen molar-refractivity contribution in [2.75, 3.05) is 24.9 Å². The summed E-state index contributed by atoms with van der Waals surface area (Å²) in [4.78, 5) is 4.48. The first-order chi connectivity index (χ1) is 13.1. The van der Waals surface area contributed by atoms with Gasteiger partial charge in [-0.1, -0.05) is 18.2 Å². The smallest absolute Gasteiger partial charge is 0.249 e. The van der Waals surface area contributed by atoms with Crippen LogP contribution in [0.1, 0.15) is 16.7 Å². The Hall–Kier alpha value is -3.35. The van der Waals surface area contributed by atoms with Gasteiger partial charge in [-0.05, 0) is 48.7 Å². The van der Waals surface area contributed by atoms with Crippen LogP contribution in [0.3, 0.4) is 0 Å². The molecule has 140 valence electrons. The molecule has 0 spiro atoms. The summed E-state index contributed by atoms with van der Waals surface area (Å²) in [7, 11) is 3.24. The molecule has 1 heterocycles. The van der Waals surface area contributed by atoms with Gasteiger partial charge in [0, 0.05) is 12.2 Å². The highest BCUT2D eigenvalue weighted by Crippen LogP contribution is 2.28. The molecule has 2 aromatic carbocycles. The van der Waals surface area contributed by atoms with Crippen molar-refractivity contribution in [3.8, 4) is 11.5 Å². The quantitative estimate of drug-likeness (QED) is 0.658. The molecule has 3 aromatic rings. The van der Waals surface area contributed by atoms with Gasteiger partial charge in [0.05, 0.1) is 20.4 Å².